The van der Waals surface area contributed by atoms with E-state index in [0.717, 1.165) is 0 Å². The van der Waals surface area contributed by atoms with Crippen molar-refractivity contribution < 1.29 is 9.18 Å². The summed E-state index contributed by atoms with van der Waals surface area (Å²) in [6, 6.07) is 5.91. The Kier molecular flexibility index (Phi) is 5.19. The molecule has 1 N–H and O–H groups in total. The summed E-state index contributed by atoms with van der Waals surface area (Å²) in [4.78, 5) is 16.4. The van der Waals surface area contributed by atoms with Gasteiger partial charge in [0.25, 0.3) is 5.91 Å². The maximum absolute atomic E-state index is 13.1. The Hall–Kier alpha value is -1.60. The second kappa shape index (κ2) is 6.91. The van der Waals surface area contributed by atoms with Gasteiger partial charge in [0, 0.05) is 16.7 Å². The molecule has 1 aromatic heterocycles. The van der Waals surface area contributed by atoms with Crippen molar-refractivity contribution in [3.63, 3.8) is 0 Å². The van der Waals surface area contributed by atoms with E-state index in [-0.39, 0.29) is 11.7 Å². The van der Waals surface area contributed by atoms with E-state index < -0.39 is 0 Å². The van der Waals surface area contributed by atoms with Crippen molar-refractivity contribution in [1.82, 2.24) is 14.9 Å². The maximum Gasteiger partial charge on any atom is 0.270 e. The number of carbonyl (C=O) groups excluding carboxylic acids is 1. The van der Waals surface area contributed by atoms with E-state index in [1.807, 2.05) is 6.26 Å². The molecule has 0 aliphatic carbocycles. The van der Waals surface area contributed by atoms with Gasteiger partial charge in [-0.25, -0.2) is 9.37 Å². The number of hydrogen-bond acceptors (Lipinski definition) is 3. The highest BCUT2D eigenvalue weighted by Crippen LogP contribution is 2.22. The molecule has 0 bridgehead atoms. The summed E-state index contributed by atoms with van der Waals surface area (Å²) in [5.41, 5.74) is 1.07. The first kappa shape index (κ1) is 15.8. The molecule has 0 atom stereocenters. The molecule has 0 fully saturated rings. The lowest BCUT2D eigenvalue weighted by atomic mass is 10.3. The summed E-state index contributed by atoms with van der Waals surface area (Å²) in [7, 11) is 0. The van der Waals surface area contributed by atoms with Crippen molar-refractivity contribution in [2.24, 2.45) is 0 Å². The smallest absolute Gasteiger partial charge is 0.270 e. The quantitative estimate of drug-likeness (QED) is 0.821. The Morgan fingerprint density at radius 1 is 1.48 bits per heavy atom. The van der Waals surface area contributed by atoms with Crippen LogP contribution in [0.15, 0.2) is 46.7 Å². The summed E-state index contributed by atoms with van der Waals surface area (Å²) < 4.78 is 15.4. The lowest BCUT2D eigenvalue weighted by Crippen LogP contribution is -2.26. The molecule has 2 rings (SSSR count). The van der Waals surface area contributed by atoms with Crippen LogP contribution in [0.2, 0.25) is 0 Å². The Bertz CT molecular complexity index is 669. The number of rotatable bonds is 5. The molecule has 0 saturated heterocycles. The summed E-state index contributed by atoms with van der Waals surface area (Å²) in [5.74, 6) is -0.598. The lowest BCUT2D eigenvalue weighted by molar-refractivity contribution is 0.0950. The van der Waals surface area contributed by atoms with Gasteiger partial charge in [0.05, 0.1) is 6.20 Å². The third kappa shape index (κ3) is 3.74. The van der Waals surface area contributed by atoms with E-state index in [9.17, 15) is 9.18 Å². The normalized spacial score (nSPS) is 10.4. The van der Waals surface area contributed by atoms with Gasteiger partial charge >= 0.3 is 0 Å². The van der Waals surface area contributed by atoms with E-state index in [4.69, 9.17) is 0 Å². The summed E-state index contributed by atoms with van der Waals surface area (Å²) in [6.07, 6.45) is 3.37. The lowest BCUT2D eigenvalue weighted by Gasteiger charge is -2.11. The predicted molar refractivity (Wildman–Crippen MR) is 85.7 cm³/mol. The Balaban J connectivity index is 2.39. The largest absolute Gasteiger partial charge is 0.346 e. The second-order valence-electron chi connectivity index (χ2n) is 4.14. The van der Waals surface area contributed by atoms with Crippen LogP contribution in [0.3, 0.4) is 0 Å². The first-order chi connectivity index (χ1) is 10.0. The minimum Gasteiger partial charge on any atom is -0.346 e. The number of aromatic nitrogens is 2. The van der Waals surface area contributed by atoms with Crippen molar-refractivity contribution in [3.05, 3.63) is 53.0 Å². The fraction of sp³-hybridized carbons (Fsp3) is 0.143. The number of halogens is 2. The van der Waals surface area contributed by atoms with Gasteiger partial charge < -0.3 is 5.32 Å². The monoisotopic (exact) mass is 369 g/mol. The molecule has 21 heavy (non-hydrogen) atoms. The molecule has 4 nitrogen and oxygen atoms in total. The van der Waals surface area contributed by atoms with E-state index in [1.54, 1.807) is 16.7 Å². The van der Waals surface area contributed by atoms with Crippen LogP contribution in [-0.4, -0.2) is 28.3 Å². The summed E-state index contributed by atoms with van der Waals surface area (Å²) in [6.45, 7) is 3.99. The van der Waals surface area contributed by atoms with Crippen LogP contribution < -0.4 is 5.32 Å². The first-order valence-electron chi connectivity index (χ1n) is 6.02. The fourth-order valence-corrected chi connectivity index (χ4v) is 2.43. The maximum atomic E-state index is 13.1. The third-order valence-corrected chi connectivity index (χ3v) is 3.60. The highest BCUT2D eigenvalue weighted by molar-refractivity contribution is 9.11. The van der Waals surface area contributed by atoms with E-state index in [0.29, 0.717) is 27.6 Å². The van der Waals surface area contributed by atoms with Crippen molar-refractivity contribution in [2.75, 3.05) is 12.8 Å². The van der Waals surface area contributed by atoms with Crippen molar-refractivity contribution >= 4 is 33.6 Å². The van der Waals surface area contributed by atoms with Crippen LogP contribution in [-0.2, 0) is 0 Å². The Labute approximate surface area is 134 Å². The molecule has 1 amide bonds. The van der Waals surface area contributed by atoms with Gasteiger partial charge in [-0.15, -0.1) is 0 Å². The molecule has 0 unspecified atom stereocenters. The Morgan fingerprint density at radius 3 is 2.71 bits per heavy atom. The first-order valence-corrected chi connectivity index (χ1v) is 8.04. The van der Waals surface area contributed by atoms with E-state index in [2.05, 4.69) is 32.8 Å². The second-order valence-corrected chi connectivity index (χ2v) is 6.04. The standard InChI is InChI=1S/C14H13BrFN3OS/c1-9(15)7-17-13(20)12-8-18-14(21-2)19(12)11-5-3-10(16)4-6-11/h3-6,8H,1,7H2,2H3,(H,17,20). The van der Waals surface area contributed by atoms with Crippen LogP contribution in [0.25, 0.3) is 5.69 Å². The fourth-order valence-electron chi connectivity index (χ4n) is 1.75. The Morgan fingerprint density at radius 2 is 2.14 bits per heavy atom. The van der Waals surface area contributed by atoms with Gasteiger partial charge in [-0.1, -0.05) is 34.3 Å². The predicted octanol–water partition coefficient (Wildman–Crippen LogP) is 3.37. The van der Waals surface area contributed by atoms with Crippen molar-refractivity contribution in [1.29, 1.82) is 0 Å². The van der Waals surface area contributed by atoms with Crippen LogP contribution in [0, 0.1) is 5.82 Å². The molecular formula is C14H13BrFN3OS. The van der Waals surface area contributed by atoms with E-state index in [1.165, 1.54) is 30.1 Å². The van der Waals surface area contributed by atoms with Crippen molar-refractivity contribution in [2.45, 2.75) is 5.16 Å². The number of carbonyl (C=O) groups is 1. The third-order valence-electron chi connectivity index (χ3n) is 2.67. The number of thioether (sulfide) groups is 1. The highest BCUT2D eigenvalue weighted by Gasteiger charge is 2.17. The van der Waals surface area contributed by atoms with Crippen LogP contribution in [0.4, 0.5) is 4.39 Å². The molecule has 0 aliphatic rings. The van der Waals surface area contributed by atoms with Crippen molar-refractivity contribution in [3.8, 4) is 5.69 Å². The highest BCUT2D eigenvalue weighted by atomic mass is 79.9. The molecule has 2 aromatic rings. The zero-order chi connectivity index (χ0) is 15.4. The number of nitrogens with zero attached hydrogens (tertiary/aromatic N) is 2. The van der Waals surface area contributed by atoms with Crippen LogP contribution >= 0.6 is 27.7 Å². The average Bonchev–Trinajstić information content (AvgIpc) is 2.89. The number of hydrogen-bond donors (Lipinski definition) is 1. The molecule has 1 heterocycles. The molecule has 0 saturated carbocycles. The molecule has 0 aliphatic heterocycles. The van der Waals surface area contributed by atoms with Gasteiger partial charge in [-0.05, 0) is 30.5 Å². The minimum atomic E-state index is -0.328. The molecule has 7 heteroatoms. The van der Waals surface area contributed by atoms with Gasteiger partial charge in [0.2, 0.25) is 0 Å². The molecule has 0 spiro atoms. The molecule has 1 aromatic carbocycles. The van der Waals surface area contributed by atoms with Gasteiger partial charge in [0.1, 0.15) is 11.5 Å². The molecular weight excluding hydrogens is 357 g/mol. The number of benzene rings is 1. The number of nitrogens with one attached hydrogen (secondary N) is 1. The summed E-state index contributed by atoms with van der Waals surface area (Å²) >= 11 is 4.60. The molecule has 110 valence electrons. The van der Waals surface area contributed by atoms with Gasteiger partial charge in [-0.3, -0.25) is 9.36 Å². The summed E-state index contributed by atoms with van der Waals surface area (Å²) in [5, 5.41) is 3.38. The average molecular weight is 370 g/mol. The zero-order valence-corrected chi connectivity index (χ0v) is 13.7. The molecule has 0 radical (unpaired) electrons. The van der Waals surface area contributed by atoms with E-state index >= 15 is 0 Å². The SMILES string of the molecule is C=C(Br)CNC(=O)c1cnc(SC)n1-c1ccc(F)cc1. The van der Waals surface area contributed by atoms with Crippen LogP contribution in [0.5, 0.6) is 0 Å². The number of imidazole rings is 1. The minimum absolute atomic E-state index is 0.271. The number of amides is 1. The zero-order valence-electron chi connectivity index (χ0n) is 11.3. The van der Waals surface area contributed by atoms with Crippen LogP contribution in [0.1, 0.15) is 10.5 Å². The van der Waals surface area contributed by atoms with Gasteiger partial charge in [-0.2, -0.15) is 0 Å². The van der Waals surface area contributed by atoms with Gasteiger partial charge in [0.15, 0.2) is 5.16 Å². The topological polar surface area (TPSA) is 46.9 Å².